The Morgan fingerprint density at radius 3 is 2.81 bits per heavy atom. The second-order valence-electron chi connectivity index (χ2n) is 3.84. The fourth-order valence-corrected chi connectivity index (χ4v) is 3.71. The maximum atomic E-state index is 3.43. The highest BCUT2D eigenvalue weighted by atomic mass is 32.1. The number of aryl methyl sites for hydroxylation is 1. The Bertz CT molecular complexity index is 417. The second kappa shape index (κ2) is 5.62. The van der Waals surface area contributed by atoms with Crippen molar-refractivity contribution in [2.45, 2.75) is 25.8 Å². The summed E-state index contributed by atoms with van der Waals surface area (Å²) < 4.78 is 0. The van der Waals surface area contributed by atoms with Crippen LogP contribution < -0.4 is 5.32 Å². The Morgan fingerprint density at radius 2 is 2.19 bits per heavy atom. The highest BCUT2D eigenvalue weighted by molar-refractivity contribution is 7.10. The molecule has 0 fully saturated rings. The minimum absolute atomic E-state index is 0.463. The van der Waals surface area contributed by atoms with Gasteiger partial charge in [0.05, 0.1) is 0 Å². The molecule has 0 saturated heterocycles. The normalized spacial score (nSPS) is 12.9. The van der Waals surface area contributed by atoms with Crippen LogP contribution in [0.4, 0.5) is 0 Å². The van der Waals surface area contributed by atoms with Crippen LogP contribution in [0.2, 0.25) is 0 Å². The maximum absolute atomic E-state index is 3.43. The predicted molar refractivity (Wildman–Crippen MR) is 73.5 cm³/mol. The first-order valence-electron chi connectivity index (χ1n) is 5.59. The van der Waals surface area contributed by atoms with E-state index in [0.717, 1.165) is 12.8 Å². The van der Waals surface area contributed by atoms with Crippen molar-refractivity contribution in [3.8, 4) is 0 Å². The highest BCUT2D eigenvalue weighted by Gasteiger charge is 2.14. The molecule has 1 atom stereocenters. The van der Waals surface area contributed by atoms with Crippen LogP contribution in [0.25, 0.3) is 0 Å². The first-order chi connectivity index (χ1) is 7.85. The summed E-state index contributed by atoms with van der Waals surface area (Å²) in [6.07, 6.45) is 2.22. The lowest BCUT2D eigenvalue weighted by Crippen LogP contribution is -2.18. The molecule has 0 radical (unpaired) electrons. The van der Waals surface area contributed by atoms with E-state index >= 15 is 0 Å². The quantitative estimate of drug-likeness (QED) is 0.850. The second-order valence-corrected chi connectivity index (χ2v) is 5.57. The van der Waals surface area contributed by atoms with Crippen LogP contribution >= 0.6 is 22.7 Å². The van der Waals surface area contributed by atoms with Crippen LogP contribution in [0.3, 0.4) is 0 Å². The molecule has 2 aromatic rings. The van der Waals surface area contributed by atoms with Gasteiger partial charge in [-0.1, -0.05) is 6.92 Å². The van der Waals surface area contributed by atoms with Gasteiger partial charge in [0.15, 0.2) is 0 Å². The zero-order valence-corrected chi connectivity index (χ0v) is 11.3. The highest BCUT2D eigenvalue weighted by Crippen LogP contribution is 2.28. The molecular formula is C13H17NS2. The van der Waals surface area contributed by atoms with E-state index in [1.807, 2.05) is 11.3 Å². The van der Waals surface area contributed by atoms with E-state index < -0.39 is 0 Å². The Hall–Kier alpha value is -0.640. The largest absolute Gasteiger partial charge is 0.312 e. The molecule has 2 rings (SSSR count). The third-order valence-corrected chi connectivity index (χ3v) is 4.65. The minimum atomic E-state index is 0.463. The lowest BCUT2D eigenvalue weighted by atomic mass is 10.0. The Labute approximate surface area is 105 Å². The van der Waals surface area contributed by atoms with E-state index in [2.05, 4.69) is 47.6 Å². The summed E-state index contributed by atoms with van der Waals surface area (Å²) in [5.74, 6) is 0. The van der Waals surface area contributed by atoms with Gasteiger partial charge in [-0.3, -0.25) is 0 Å². The molecule has 3 heteroatoms. The van der Waals surface area contributed by atoms with E-state index in [-0.39, 0.29) is 0 Å². The van der Waals surface area contributed by atoms with Crippen molar-refractivity contribution in [3.63, 3.8) is 0 Å². The Morgan fingerprint density at radius 1 is 1.31 bits per heavy atom. The minimum Gasteiger partial charge on any atom is -0.312 e. The third-order valence-electron chi connectivity index (χ3n) is 2.85. The van der Waals surface area contributed by atoms with Gasteiger partial charge in [0.2, 0.25) is 0 Å². The van der Waals surface area contributed by atoms with Crippen molar-refractivity contribution >= 4 is 22.7 Å². The summed E-state index contributed by atoms with van der Waals surface area (Å²) in [5, 5.41) is 10.0. The fraction of sp³-hybridized carbons (Fsp3) is 0.385. The number of rotatable bonds is 5. The molecule has 0 aliphatic rings. The number of likely N-dealkylation sites (N-methyl/N-ethyl adjacent to an activating group) is 1. The molecule has 0 spiro atoms. The lowest BCUT2D eigenvalue weighted by molar-refractivity contribution is 0.598. The Kier molecular flexibility index (Phi) is 4.16. The summed E-state index contributed by atoms with van der Waals surface area (Å²) in [4.78, 5) is 1.50. The topological polar surface area (TPSA) is 12.0 Å². The molecule has 0 bridgehead atoms. The first-order valence-corrected chi connectivity index (χ1v) is 7.42. The van der Waals surface area contributed by atoms with Crippen LogP contribution in [0.15, 0.2) is 28.3 Å². The third kappa shape index (κ3) is 2.54. The van der Waals surface area contributed by atoms with Gasteiger partial charge in [-0.05, 0) is 59.3 Å². The van der Waals surface area contributed by atoms with E-state index in [1.165, 1.54) is 16.0 Å². The van der Waals surface area contributed by atoms with Gasteiger partial charge in [0, 0.05) is 10.9 Å². The van der Waals surface area contributed by atoms with E-state index in [4.69, 9.17) is 0 Å². The van der Waals surface area contributed by atoms with Gasteiger partial charge >= 0.3 is 0 Å². The van der Waals surface area contributed by atoms with Gasteiger partial charge in [0.25, 0.3) is 0 Å². The molecule has 1 N–H and O–H groups in total. The SMILES string of the molecule is CCc1ccsc1C(Cc1ccsc1)NC. The van der Waals surface area contributed by atoms with Crippen LogP contribution in [0.5, 0.6) is 0 Å². The zero-order valence-electron chi connectivity index (χ0n) is 9.69. The molecule has 1 unspecified atom stereocenters. The van der Waals surface area contributed by atoms with Crippen molar-refractivity contribution in [3.05, 3.63) is 44.3 Å². The molecule has 2 aromatic heterocycles. The zero-order chi connectivity index (χ0) is 11.4. The molecule has 0 aliphatic carbocycles. The van der Waals surface area contributed by atoms with E-state index in [1.54, 1.807) is 11.3 Å². The van der Waals surface area contributed by atoms with Gasteiger partial charge in [0.1, 0.15) is 0 Å². The average molecular weight is 251 g/mol. The predicted octanol–water partition coefficient (Wildman–Crippen LogP) is 3.88. The molecule has 0 aromatic carbocycles. The number of hydrogen-bond donors (Lipinski definition) is 1. The molecular weight excluding hydrogens is 234 g/mol. The van der Waals surface area contributed by atoms with E-state index in [0.29, 0.717) is 6.04 Å². The molecule has 0 aliphatic heterocycles. The maximum Gasteiger partial charge on any atom is 0.0456 e. The standard InChI is InChI=1S/C13H17NS2/c1-3-11-5-7-16-13(11)12(14-2)8-10-4-6-15-9-10/h4-7,9,12,14H,3,8H2,1-2H3. The molecule has 86 valence electrons. The van der Waals surface area contributed by atoms with Crippen LogP contribution in [-0.2, 0) is 12.8 Å². The number of nitrogens with one attached hydrogen (secondary N) is 1. The molecule has 0 amide bonds. The van der Waals surface area contributed by atoms with Gasteiger partial charge in [-0.15, -0.1) is 11.3 Å². The van der Waals surface area contributed by atoms with Crippen LogP contribution in [0.1, 0.15) is 29.0 Å². The van der Waals surface area contributed by atoms with Crippen molar-refractivity contribution in [2.75, 3.05) is 7.05 Å². The van der Waals surface area contributed by atoms with Crippen molar-refractivity contribution in [1.29, 1.82) is 0 Å². The van der Waals surface area contributed by atoms with Crippen molar-refractivity contribution in [2.24, 2.45) is 0 Å². The van der Waals surface area contributed by atoms with E-state index in [9.17, 15) is 0 Å². The average Bonchev–Trinajstić information content (AvgIpc) is 2.96. The molecule has 16 heavy (non-hydrogen) atoms. The smallest absolute Gasteiger partial charge is 0.0456 e. The summed E-state index contributed by atoms with van der Waals surface area (Å²) in [5.41, 5.74) is 2.92. The monoisotopic (exact) mass is 251 g/mol. The van der Waals surface area contributed by atoms with Crippen molar-refractivity contribution in [1.82, 2.24) is 5.32 Å². The summed E-state index contributed by atoms with van der Waals surface area (Å²) in [7, 11) is 2.05. The lowest BCUT2D eigenvalue weighted by Gasteiger charge is -2.15. The fourth-order valence-electron chi connectivity index (χ4n) is 1.92. The molecule has 2 heterocycles. The summed E-state index contributed by atoms with van der Waals surface area (Å²) in [6, 6.07) is 4.93. The van der Waals surface area contributed by atoms with Gasteiger partial charge in [-0.25, -0.2) is 0 Å². The first kappa shape index (κ1) is 11.8. The van der Waals surface area contributed by atoms with Gasteiger partial charge < -0.3 is 5.32 Å². The molecule has 1 nitrogen and oxygen atoms in total. The number of thiophene rings is 2. The Balaban J connectivity index is 2.16. The van der Waals surface area contributed by atoms with Gasteiger partial charge in [-0.2, -0.15) is 11.3 Å². The number of hydrogen-bond acceptors (Lipinski definition) is 3. The van der Waals surface area contributed by atoms with Crippen molar-refractivity contribution < 1.29 is 0 Å². The van der Waals surface area contributed by atoms with Crippen LogP contribution in [0, 0.1) is 0 Å². The summed E-state index contributed by atoms with van der Waals surface area (Å²) in [6.45, 7) is 2.23. The summed E-state index contributed by atoms with van der Waals surface area (Å²) >= 11 is 3.64. The molecule has 0 saturated carbocycles. The van der Waals surface area contributed by atoms with Crippen LogP contribution in [-0.4, -0.2) is 7.05 Å².